The molecule has 0 aromatic heterocycles. The fourth-order valence-corrected chi connectivity index (χ4v) is 2.13. The van der Waals surface area contributed by atoms with Gasteiger partial charge in [0.25, 0.3) is 0 Å². The lowest BCUT2D eigenvalue weighted by Crippen LogP contribution is -2.01. The fourth-order valence-electron chi connectivity index (χ4n) is 1.66. The van der Waals surface area contributed by atoms with Gasteiger partial charge in [-0.3, -0.25) is 4.79 Å². The van der Waals surface area contributed by atoms with Crippen molar-refractivity contribution in [3.05, 3.63) is 33.8 Å². The largest absolute Gasteiger partial charge is 0.294 e. The van der Waals surface area contributed by atoms with Crippen LogP contribution < -0.4 is 0 Å². The normalized spacial score (nSPS) is 10.8. The molecule has 1 nitrogen and oxygen atoms in total. The average molecular weight is 283 g/mol. The molecule has 2 heteroatoms. The summed E-state index contributed by atoms with van der Waals surface area (Å²) in [5.41, 5.74) is 1.96. The number of ketones is 1. The Kier molecular flexibility index (Phi) is 5.20. The number of hydrogen-bond donors (Lipinski definition) is 0. The van der Waals surface area contributed by atoms with Crippen molar-refractivity contribution >= 4 is 21.7 Å². The monoisotopic (exact) mass is 282 g/mol. The van der Waals surface area contributed by atoms with Crippen LogP contribution in [0.4, 0.5) is 0 Å². The van der Waals surface area contributed by atoms with Crippen molar-refractivity contribution in [3.63, 3.8) is 0 Å². The Morgan fingerprint density at radius 3 is 2.69 bits per heavy atom. The molecule has 0 saturated carbocycles. The number of hydrogen-bond acceptors (Lipinski definition) is 1. The van der Waals surface area contributed by atoms with Gasteiger partial charge in [-0.1, -0.05) is 47.8 Å². The first kappa shape index (κ1) is 13.4. The van der Waals surface area contributed by atoms with E-state index in [1.54, 1.807) is 0 Å². The predicted molar refractivity (Wildman–Crippen MR) is 71.9 cm³/mol. The molecule has 0 aliphatic carbocycles. The van der Waals surface area contributed by atoms with Crippen LogP contribution in [0.2, 0.25) is 0 Å². The van der Waals surface area contributed by atoms with Gasteiger partial charge in [-0.2, -0.15) is 0 Å². The highest BCUT2D eigenvalue weighted by atomic mass is 79.9. The van der Waals surface area contributed by atoms with Gasteiger partial charge in [-0.25, -0.2) is 0 Å². The molecule has 1 rings (SSSR count). The number of carbonyl (C=O) groups is 1. The van der Waals surface area contributed by atoms with Crippen LogP contribution in [0.3, 0.4) is 0 Å². The molecule has 0 atom stereocenters. The van der Waals surface area contributed by atoms with E-state index in [1.807, 2.05) is 25.1 Å². The molecule has 0 fully saturated rings. The number of rotatable bonds is 5. The minimum absolute atomic E-state index is 0.247. The Hall–Kier alpha value is -0.630. The van der Waals surface area contributed by atoms with Gasteiger partial charge in [0.2, 0.25) is 0 Å². The van der Waals surface area contributed by atoms with E-state index < -0.39 is 0 Å². The van der Waals surface area contributed by atoms with Crippen molar-refractivity contribution in [2.24, 2.45) is 5.92 Å². The van der Waals surface area contributed by atoms with Gasteiger partial charge >= 0.3 is 0 Å². The van der Waals surface area contributed by atoms with Crippen molar-refractivity contribution in [2.75, 3.05) is 0 Å². The van der Waals surface area contributed by atoms with E-state index in [9.17, 15) is 4.79 Å². The third-order valence-corrected chi connectivity index (χ3v) is 3.30. The lowest BCUT2D eigenvalue weighted by atomic mass is 10.0. The highest BCUT2D eigenvalue weighted by Crippen LogP contribution is 2.21. The summed E-state index contributed by atoms with van der Waals surface area (Å²) in [7, 11) is 0. The molecule has 1 aromatic carbocycles. The third-order valence-electron chi connectivity index (χ3n) is 2.61. The van der Waals surface area contributed by atoms with Crippen molar-refractivity contribution in [3.8, 4) is 0 Å². The number of halogens is 1. The molecular weight excluding hydrogens is 264 g/mol. The number of benzene rings is 1. The standard InChI is InChI=1S/C14H19BrO/c1-10(2)5-4-6-14(16)12-9-11(3)7-8-13(12)15/h7-10H,4-6H2,1-3H3. The molecule has 0 amide bonds. The summed E-state index contributed by atoms with van der Waals surface area (Å²) < 4.78 is 0.910. The smallest absolute Gasteiger partial charge is 0.164 e. The van der Waals surface area contributed by atoms with Crippen LogP contribution in [0.15, 0.2) is 22.7 Å². The maximum Gasteiger partial charge on any atom is 0.164 e. The minimum atomic E-state index is 0.247. The maximum atomic E-state index is 12.0. The van der Waals surface area contributed by atoms with Crippen molar-refractivity contribution in [2.45, 2.75) is 40.0 Å². The molecule has 16 heavy (non-hydrogen) atoms. The molecular formula is C14H19BrO. The lowest BCUT2D eigenvalue weighted by molar-refractivity contribution is 0.0977. The second kappa shape index (κ2) is 6.19. The molecule has 88 valence electrons. The van der Waals surface area contributed by atoms with Gasteiger partial charge < -0.3 is 0 Å². The molecule has 1 aromatic rings. The van der Waals surface area contributed by atoms with Crippen LogP contribution in [0, 0.1) is 12.8 Å². The van der Waals surface area contributed by atoms with Crippen LogP contribution in [0.5, 0.6) is 0 Å². The quantitative estimate of drug-likeness (QED) is 0.711. The van der Waals surface area contributed by atoms with Gasteiger partial charge in [-0.15, -0.1) is 0 Å². The topological polar surface area (TPSA) is 17.1 Å². The molecule has 0 heterocycles. The number of aryl methyl sites for hydroxylation is 1. The van der Waals surface area contributed by atoms with E-state index in [0.717, 1.165) is 28.4 Å². The molecule has 0 N–H and O–H groups in total. The Morgan fingerprint density at radius 2 is 2.06 bits per heavy atom. The van der Waals surface area contributed by atoms with Gasteiger partial charge in [0.1, 0.15) is 0 Å². The van der Waals surface area contributed by atoms with Crippen LogP contribution in [-0.4, -0.2) is 5.78 Å². The van der Waals surface area contributed by atoms with Crippen LogP contribution in [-0.2, 0) is 0 Å². The highest BCUT2D eigenvalue weighted by molar-refractivity contribution is 9.10. The zero-order chi connectivity index (χ0) is 12.1. The lowest BCUT2D eigenvalue weighted by Gasteiger charge is -2.06. The molecule has 0 spiro atoms. The maximum absolute atomic E-state index is 12.0. The zero-order valence-corrected chi connectivity index (χ0v) is 11.8. The van der Waals surface area contributed by atoms with E-state index in [2.05, 4.69) is 29.8 Å². The Balaban J connectivity index is 2.62. The molecule has 0 aliphatic heterocycles. The van der Waals surface area contributed by atoms with Crippen molar-refractivity contribution in [1.29, 1.82) is 0 Å². The Bertz CT molecular complexity index is 369. The summed E-state index contributed by atoms with van der Waals surface area (Å²) in [5, 5.41) is 0. The summed E-state index contributed by atoms with van der Waals surface area (Å²) in [6, 6.07) is 5.92. The Labute approximate surface area is 106 Å². The number of Topliss-reactive ketones (excluding diaryl/α,β-unsaturated/α-hetero) is 1. The summed E-state index contributed by atoms with van der Waals surface area (Å²) >= 11 is 3.43. The molecule has 0 saturated heterocycles. The van der Waals surface area contributed by atoms with E-state index in [1.165, 1.54) is 0 Å². The molecule has 0 radical (unpaired) electrons. The summed E-state index contributed by atoms with van der Waals surface area (Å²) in [4.78, 5) is 12.0. The van der Waals surface area contributed by atoms with Crippen molar-refractivity contribution < 1.29 is 4.79 Å². The van der Waals surface area contributed by atoms with Crippen LogP contribution in [0.25, 0.3) is 0 Å². The average Bonchev–Trinajstić information content (AvgIpc) is 2.21. The van der Waals surface area contributed by atoms with E-state index >= 15 is 0 Å². The second-order valence-electron chi connectivity index (χ2n) is 4.69. The van der Waals surface area contributed by atoms with Gasteiger partial charge in [0.15, 0.2) is 5.78 Å². The van der Waals surface area contributed by atoms with Gasteiger partial charge in [0.05, 0.1) is 0 Å². The van der Waals surface area contributed by atoms with Gasteiger partial charge in [-0.05, 0) is 31.4 Å². The van der Waals surface area contributed by atoms with E-state index in [-0.39, 0.29) is 5.78 Å². The SMILES string of the molecule is Cc1ccc(Br)c(C(=O)CCCC(C)C)c1. The van der Waals surface area contributed by atoms with Crippen LogP contribution in [0.1, 0.15) is 49.0 Å². The first-order valence-corrected chi connectivity index (χ1v) is 6.59. The number of carbonyl (C=O) groups excluding carboxylic acids is 1. The highest BCUT2D eigenvalue weighted by Gasteiger charge is 2.10. The van der Waals surface area contributed by atoms with E-state index in [4.69, 9.17) is 0 Å². The molecule has 0 unspecified atom stereocenters. The predicted octanol–water partition coefficient (Wildman–Crippen LogP) is 4.77. The fraction of sp³-hybridized carbons (Fsp3) is 0.500. The molecule has 0 aliphatic rings. The zero-order valence-electron chi connectivity index (χ0n) is 10.2. The first-order valence-electron chi connectivity index (χ1n) is 5.80. The summed E-state index contributed by atoms with van der Waals surface area (Å²) in [5.74, 6) is 0.921. The van der Waals surface area contributed by atoms with Gasteiger partial charge in [0, 0.05) is 16.5 Å². The van der Waals surface area contributed by atoms with E-state index in [0.29, 0.717) is 12.3 Å². The molecule has 0 bridgehead atoms. The second-order valence-corrected chi connectivity index (χ2v) is 5.55. The first-order chi connectivity index (χ1) is 7.50. The van der Waals surface area contributed by atoms with Crippen molar-refractivity contribution in [1.82, 2.24) is 0 Å². The van der Waals surface area contributed by atoms with Crippen LogP contribution >= 0.6 is 15.9 Å². The Morgan fingerprint density at radius 1 is 1.38 bits per heavy atom. The summed E-state index contributed by atoms with van der Waals surface area (Å²) in [6.07, 6.45) is 2.76. The third kappa shape index (κ3) is 4.09. The summed E-state index contributed by atoms with van der Waals surface area (Å²) in [6.45, 7) is 6.39. The minimum Gasteiger partial charge on any atom is -0.294 e.